The summed E-state index contributed by atoms with van der Waals surface area (Å²) in [6.07, 6.45) is 2.90. The minimum Gasteiger partial charge on any atom is -0.495 e. The van der Waals surface area contributed by atoms with E-state index >= 15 is 0 Å². The molecule has 0 radical (unpaired) electrons. The molecule has 2 rings (SSSR count). The van der Waals surface area contributed by atoms with Crippen LogP contribution < -0.4 is 4.74 Å². The Bertz CT molecular complexity index is 534. The third-order valence-electron chi connectivity index (χ3n) is 3.75. The van der Waals surface area contributed by atoms with Crippen molar-refractivity contribution in [1.29, 1.82) is 5.26 Å². The number of ether oxygens (including phenoxy) is 1. The molecule has 0 aliphatic carbocycles. The fourth-order valence-corrected chi connectivity index (χ4v) is 2.76. The van der Waals surface area contributed by atoms with E-state index in [9.17, 15) is 4.79 Å². The number of likely N-dealkylation sites (tertiary alicyclic amines) is 1. The standard InChI is InChI=1S/C16H20N2O2/c1-3-4-12-8-16(19)18(10-12)11-13-5-6-14(9-17)15(7-13)20-2/h5-7,12H,3-4,8,10-11H2,1-2H3. The molecule has 0 bridgehead atoms. The summed E-state index contributed by atoms with van der Waals surface area (Å²) >= 11 is 0. The van der Waals surface area contributed by atoms with Crippen molar-refractivity contribution in [2.24, 2.45) is 5.92 Å². The van der Waals surface area contributed by atoms with E-state index in [-0.39, 0.29) is 5.91 Å². The molecule has 1 amide bonds. The predicted molar refractivity (Wildman–Crippen MR) is 76.1 cm³/mol. The smallest absolute Gasteiger partial charge is 0.223 e. The van der Waals surface area contributed by atoms with E-state index in [0.717, 1.165) is 24.9 Å². The lowest BCUT2D eigenvalue weighted by molar-refractivity contribution is -0.128. The van der Waals surface area contributed by atoms with Crippen LogP contribution in [0.15, 0.2) is 18.2 Å². The molecule has 1 aromatic rings. The second-order valence-corrected chi connectivity index (χ2v) is 5.28. The van der Waals surface area contributed by atoms with Gasteiger partial charge in [-0.25, -0.2) is 0 Å². The molecule has 1 aromatic carbocycles. The topological polar surface area (TPSA) is 53.3 Å². The van der Waals surface area contributed by atoms with Crippen LogP contribution in [0.2, 0.25) is 0 Å². The lowest BCUT2D eigenvalue weighted by Gasteiger charge is -2.17. The molecule has 0 spiro atoms. The van der Waals surface area contributed by atoms with E-state index in [2.05, 4.69) is 13.0 Å². The Hall–Kier alpha value is -2.02. The average molecular weight is 272 g/mol. The van der Waals surface area contributed by atoms with Crippen molar-refractivity contribution < 1.29 is 9.53 Å². The van der Waals surface area contributed by atoms with Gasteiger partial charge in [-0.2, -0.15) is 5.26 Å². The Balaban J connectivity index is 2.07. The Morgan fingerprint density at radius 3 is 2.95 bits per heavy atom. The zero-order valence-electron chi connectivity index (χ0n) is 12.1. The summed E-state index contributed by atoms with van der Waals surface area (Å²) in [6.45, 7) is 3.59. The number of amides is 1. The predicted octanol–water partition coefficient (Wildman–Crippen LogP) is 2.72. The van der Waals surface area contributed by atoms with Crippen molar-refractivity contribution in [2.75, 3.05) is 13.7 Å². The molecule has 1 unspecified atom stereocenters. The number of carbonyl (C=O) groups excluding carboxylic acids is 1. The lowest BCUT2D eigenvalue weighted by Crippen LogP contribution is -2.24. The largest absolute Gasteiger partial charge is 0.495 e. The van der Waals surface area contributed by atoms with Gasteiger partial charge in [0, 0.05) is 19.5 Å². The summed E-state index contributed by atoms with van der Waals surface area (Å²) in [5.74, 6) is 1.29. The molecule has 1 aliphatic heterocycles. The summed E-state index contributed by atoms with van der Waals surface area (Å²) in [6, 6.07) is 7.58. The van der Waals surface area contributed by atoms with Gasteiger partial charge in [0.15, 0.2) is 0 Å². The highest BCUT2D eigenvalue weighted by molar-refractivity contribution is 5.78. The number of hydrogen-bond donors (Lipinski definition) is 0. The number of hydrogen-bond acceptors (Lipinski definition) is 3. The van der Waals surface area contributed by atoms with Gasteiger partial charge >= 0.3 is 0 Å². The first-order valence-electron chi connectivity index (χ1n) is 7.02. The average Bonchev–Trinajstić information content (AvgIpc) is 2.79. The fraction of sp³-hybridized carbons (Fsp3) is 0.500. The van der Waals surface area contributed by atoms with Crippen LogP contribution in [-0.4, -0.2) is 24.5 Å². The molecule has 1 aliphatic rings. The van der Waals surface area contributed by atoms with Crippen LogP contribution in [0.3, 0.4) is 0 Å². The molecule has 1 heterocycles. The van der Waals surface area contributed by atoms with Gasteiger partial charge in [-0.1, -0.05) is 19.4 Å². The maximum atomic E-state index is 12.0. The minimum absolute atomic E-state index is 0.228. The quantitative estimate of drug-likeness (QED) is 0.828. The second kappa shape index (κ2) is 6.42. The van der Waals surface area contributed by atoms with Crippen molar-refractivity contribution in [3.8, 4) is 11.8 Å². The maximum Gasteiger partial charge on any atom is 0.223 e. The van der Waals surface area contributed by atoms with Crippen molar-refractivity contribution in [3.63, 3.8) is 0 Å². The summed E-state index contributed by atoms with van der Waals surface area (Å²) < 4.78 is 5.20. The summed E-state index contributed by atoms with van der Waals surface area (Å²) in [5, 5.41) is 8.97. The zero-order chi connectivity index (χ0) is 14.5. The molecule has 1 saturated heterocycles. The fourth-order valence-electron chi connectivity index (χ4n) is 2.76. The molecule has 1 fully saturated rings. The van der Waals surface area contributed by atoms with Crippen LogP contribution in [0.1, 0.15) is 37.3 Å². The third kappa shape index (κ3) is 3.11. The van der Waals surface area contributed by atoms with Crippen molar-refractivity contribution >= 4 is 5.91 Å². The van der Waals surface area contributed by atoms with Gasteiger partial charge in [0.05, 0.1) is 12.7 Å². The molecule has 20 heavy (non-hydrogen) atoms. The molecule has 0 N–H and O–H groups in total. The van der Waals surface area contributed by atoms with Gasteiger partial charge in [-0.05, 0) is 30.0 Å². The van der Waals surface area contributed by atoms with Gasteiger partial charge < -0.3 is 9.64 Å². The maximum absolute atomic E-state index is 12.0. The first-order chi connectivity index (χ1) is 9.67. The number of benzene rings is 1. The van der Waals surface area contributed by atoms with E-state index in [1.54, 1.807) is 13.2 Å². The number of rotatable bonds is 5. The molecule has 4 heteroatoms. The van der Waals surface area contributed by atoms with Crippen LogP contribution in [0.5, 0.6) is 5.75 Å². The zero-order valence-corrected chi connectivity index (χ0v) is 12.1. The van der Waals surface area contributed by atoms with Crippen molar-refractivity contribution in [3.05, 3.63) is 29.3 Å². The van der Waals surface area contributed by atoms with E-state index in [1.807, 2.05) is 17.0 Å². The van der Waals surface area contributed by atoms with E-state index < -0.39 is 0 Å². The molecule has 4 nitrogen and oxygen atoms in total. The number of nitrogens with zero attached hydrogens (tertiary/aromatic N) is 2. The van der Waals surface area contributed by atoms with Crippen LogP contribution >= 0.6 is 0 Å². The molecular weight excluding hydrogens is 252 g/mol. The summed E-state index contributed by atoms with van der Waals surface area (Å²) in [4.78, 5) is 13.9. The minimum atomic E-state index is 0.228. The monoisotopic (exact) mass is 272 g/mol. The third-order valence-corrected chi connectivity index (χ3v) is 3.75. The highest BCUT2D eigenvalue weighted by atomic mass is 16.5. The van der Waals surface area contributed by atoms with E-state index in [4.69, 9.17) is 10.00 Å². The van der Waals surface area contributed by atoms with Gasteiger partial charge in [0.25, 0.3) is 0 Å². The van der Waals surface area contributed by atoms with Gasteiger partial charge in [-0.15, -0.1) is 0 Å². The van der Waals surface area contributed by atoms with Gasteiger partial charge in [0.1, 0.15) is 11.8 Å². The number of nitriles is 1. The first kappa shape index (κ1) is 14.4. The number of carbonyl (C=O) groups is 1. The Morgan fingerprint density at radius 2 is 2.30 bits per heavy atom. The first-order valence-corrected chi connectivity index (χ1v) is 7.02. The molecule has 1 atom stereocenters. The highest BCUT2D eigenvalue weighted by Gasteiger charge is 2.28. The van der Waals surface area contributed by atoms with Gasteiger partial charge in [0.2, 0.25) is 5.91 Å². The van der Waals surface area contributed by atoms with Crippen LogP contribution in [0, 0.1) is 17.2 Å². The van der Waals surface area contributed by atoms with Crippen LogP contribution in [0.4, 0.5) is 0 Å². The SMILES string of the molecule is CCCC1CC(=O)N(Cc2ccc(C#N)c(OC)c2)C1. The number of methoxy groups -OCH3 is 1. The normalized spacial score (nSPS) is 18.1. The second-order valence-electron chi connectivity index (χ2n) is 5.28. The molecule has 106 valence electrons. The lowest BCUT2D eigenvalue weighted by atomic mass is 10.0. The molecular formula is C16H20N2O2. The van der Waals surface area contributed by atoms with Crippen molar-refractivity contribution in [2.45, 2.75) is 32.7 Å². The Kier molecular flexibility index (Phi) is 4.62. The Morgan fingerprint density at radius 1 is 1.50 bits per heavy atom. The van der Waals surface area contributed by atoms with E-state index in [0.29, 0.717) is 30.2 Å². The van der Waals surface area contributed by atoms with Crippen molar-refractivity contribution in [1.82, 2.24) is 4.90 Å². The van der Waals surface area contributed by atoms with Gasteiger partial charge in [-0.3, -0.25) is 4.79 Å². The Labute approximate surface area is 120 Å². The highest BCUT2D eigenvalue weighted by Crippen LogP contribution is 2.25. The summed E-state index contributed by atoms with van der Waals surface area (Å²) in [7, 11) is 1.55. The van der Waals surface area contributed by atoms with Crippen LogP contribution in [-0.2, 0) is 11.3 Å². The van der Waals surface area contributed by atoms with Crippen LogP contribution in [0.25, 0.3) is 0 Å². The molecule has 0 aromatic heterocycles. The molecule has 0 saturated carbocycles. The summed E-state index contributed by atoms with van der Waals surface area (Å²) in [5.41, 5.74) is 1.53. The van der Waals surface area contributed by atoms with E-state index in [1.165, 1.54) is 0 Å².